The summed E-state index contributed by atoms with van der Waals surface area (Å²) in [4.78, 5) is 23.9. The first-order chi connectivity index (χ1) is 25.1. The zero-order chi connectivity index (χ0) is 36.9. The van der Waals surface area contributed by atoms with E-state index in [1.807, 2.05) is 37.3 Å². The van der Waals surface area contributed by atoms with Crippen LogP contribution in [0.5, 0.6) is 5.75 Å². The molecule has 0 aromatic heterocycles. The summed E-state index contributed by atoms with van der Waals surface area (Å²) >= 11 is 0. The quantitative estimate of drug-likeness (QED) is 0.0547. The Kier molecular flexibility index (Phi) is 33.5. The minimum absolute atomic E-state index is 0.1000. The van der Waals surface area contributed by atoms with Crippen LogP contribution in [-0.4, -0.2) is 31.6 Å². The van der Waals surface area contributed by atoms with Gasteiger partial charge in [0.2, 0.25) is 5.91 Å². The smallest absolute Gasteiger partial charge is 0.305 e. The Morgan fingerprint density at radius 2 is 0.922 bits per heavy atom. The molecule has 0 spiro atoms. The van der Waals surface area contributed by atoms with Crippen LogP contribution in [0.3, 0.4) is 0 Å². The molecule has 0 aliphatic rings. The van der Waals surface area contributed by atoms with Gasteiger partial charge in [-0.1, -0.05) is 199 Å². The molecule has 0 saturated heterocycles. The maximum atomic E-state index is 12.1. The van der Waals surface area contributed by atoms with Crippen LogP contribution in [0, 0.1) is 11.8 Å². The van der Waals surface area contributed by atoms with Crippen LogP contribution in [0.1, 0.15) is 213 Å². The molecule has 1 N–H and O–H groups in total. The highest BCUT2D eigenvalue weighted by Crippen LogP contribution is 2.34. The molecule has 296 valence electrons. The van der Waals surface area contributed by atoms with Crippen molar-refractivity contribution in [2.75, 3.05) is 19.8 Å². The lowest BCUT2D eigenvalue weighted by Crippen LogP contribution is -2.21. The maximum Gasteiger partial charge on any atom is 0.305 e. The van der Waals surface area contributed by atoms with Crippen molar-refractivity contribution in [1.82, 2.24) is 5.32 Å². The van der Waals surface area contributed by atoms with Gasteiger partial charge in [-0.3, -0.25) is 9.59 Å². The lowest BCUT2D eigenvalue weighted by atomic mass is 9.78. The Bertz CT molecular complexity index is 890. The van der Waals surface area contributed by atoms with E-state index in [0.29, 0.717) is 26.1 Å². The molecule has 0 aliphatic carbocycles. The molecule has 0 aliphatic heterocycles. The third-order valence-corrected chi connectivity index (χ3v) is 10.7. The molecule has 1 rings (SSSR count). The summed E-state index contributed by atoms with van der Waals surface area (Å²) in [6, 6.07) is 9.67. The van der Waals surface area contributed by atoms with Crippen LogP contribution < -0.4 is 10.1 Å². The number of amides is 1. The number of benzene rings is 1. The molecule has 1 aromatic carbocycles. The minimum Gasteiger partial charge on any atom is -0.490 e. The van der Waals surface area contributed by atoms with Crippen LogP contribution in [0.25, 0.3) is 0 Å². The van der Waals surface area contributed by atoms with Gasteiger partial charge >= 0.3 is 5.97 Å². The third kappa shape index (κ3) is 30.2. The number of hydrogen-bond donors (Lipinski definition) is 1. The molecule has 1 amide bonds. The highest BCUT2D eigenvalue weighted by molar-refractivity contribution is 5.75. The molecule has 0 fully saturated rings. The van der Waals surface area contributed by atoms with Crippen LogP contribution in [-0.2, 0) is 14.3 Å². The average Bonchev–Trinajstić information content (AvgIpc) is 3.14. The molecule has 0 saturated carbocycles. The zero-order valence-corrected chi connectivity index (χ0v) is 34.0. The van der Waals surface area contributed by atoms with Gasteiger partial charge in [0.15, 0.2) is 0 Å². The van der Waals surface area contributed by atoms with E-state index >= 15 is 0 Å². The fraction of sp³-hybridized carbons (Fsp3) is 0.826. The van der Waals surface area contributed by atoms with E-state index < -0.39 is 0 Å². The third-order valence-electron chi connectivity index (χ3n) is 10.7. The Morgan fingerprint density at radius 3 is 1.37 bits per heavy atom. The van der Waals surface area contributed by atoms with E-state index in [9.17, 15) is 9.59 Å². The Balaban J connectivity index is 2.43. The normalized spacial score (nSPS) is 12.5. The summed E-state index contributed by atoms with van der Waals surface area (Å²) in [6.45, 7) is 8.08. The first kappa shape index (κ1) is 47.0. The van der Waals surface area contributed by atoms with Gasteiger partial charge < -0.3 is 14.8 Å². The second-order valence-corrected chi connectivity index (χ2v) is 15.3. The fourth-order valence-electron chi connectivity index (χ4n) is 7.58. The predicted octanol–water partition coefficient (Wildman–Crippen LogP) is 13.7. The van der Waals surface area contributed by atoms with Gasteiger partial charge in [-0.25, -0.2) is 0 Å². The van der Waals surface area contributed by atoms with Gasteiger partial charge in [0, 0.05) is 19.4 Å². The molecule has 0 bridgehead atoms. The van der Waals surface area contributed by atoms with Crippen molar-refractivity contribution in [3.05, 3.63) is 30.3 Å². The van der Waals surface area contributed by atoms with Crippen molar-refractivity contribution in [3.63, 3.8) is 0 Å². The largest absolute Gasteiger partial charge is 0.490 e. The maximum absolute atomic E-state index is 12.1. The number of para-hydroxylation sites is 1. The van der Waals surface area contributed by atoms with Crippen LogP contribution in [0.2, 0.25) is 0 Å². The van der Waals surface area contributed by atoms with Crippen molar-refractivity contribution in [1.29, 1.82) is 0 Å². The van der Waals surface area contributed by atoms with Crippen LogP contribution >= 0.6 is 0 Å². The molecule has 5 nitrogen and oxygen atoms in total. The van der Waals surface area contributed by atoms with Gasteiger partial charge in [0.1, 0.15) is 19.0 Å². The van der Waals surface area contributed by atoms with Gasteiger partial charge in [-0.15, -0.1) is 0 Å². The second-order valence-electron chi connectivity index (χ2n) is 15.3. The Morgan fingerprint density at radius 1 is 0.510 bits per heavy atom. The highest BCUT2D eigenvalue weighted by Gasteiger charge is 2.21. The SMILES string of the molecule is CCCCCCCCC(CCCCCCCCC(=O)NCC)C(CCCCCCCC)CCCCCCCCC(=O)OCCOc1ccccc1. The number of hydrogen-bond acceptors (Lipinski definition) is 4. The number of ether oxygens (including phenoxy) is 2. The lowest BCUT2D eigenvalue weighted by Gasteiger charge is -2.28. The average molecular weight is 714 g/mol. The standard InChI is InChI=1S/C46H83NO4/c1-4-7-9-11-17-24-32-42(34-26-19-13-15-21-30-38-45(48)47-6-3)43(33-25-18-12-10-8-5-2)35-27-20-14-16-22-31-39-46(49)51-41-40-50-44-36-28-23-29-37-44/h23,28-29,36-37,42-43H,4-22,24-27,30-35,38-41H2,1-3H3,(H,47,48). The van der Waals surface area contributed by atoms with E-state index in [1.54, 1.807) is 0 Å². The van der Waals surface area contributed by atoms with Gasteiger partial charge in [-0.05, 0) is 43.7 Å². The molecule has 2 atom stereocenters. The van der Waals surface area contributed by atoms with Gasteiger partial charge in [0.05, 0.1) is 0 Å². The number of carbonyl (C=O) groups excluding carboxylic acids is 2. The summed E-state index contributed by atoms with van der Waals surface area (Å²) in [5.41, 5.74) is 0. The Hall–Kier alpha value is -2.04. The first-order valence-corrected chi connectivity index (χ1v) is 22.2. The highest BCUT2D eigenvalue weighted by atomic mass is 16.6. The number of carbonyl (C=O) groups is 2. The monoisotopic (exact) mass is 714 g/mol. The number of esters is 1. The van der Waals surface area contributed by atoms with E-state index in [0.717, 1.165) is 43.4 Å². The van der Waals surface area contributed by atoms with E-state index in [1.165, 1.54) is 161 Å². The fourth-order valence-corrected chi connectivity index (χ4v) is 7.58. The summed E-state index contributed by atoms with van der Waals surface area (Å²) in [5, 5.41) is 2.92. The zero-order valence-electron chi connectivity index (χ0n) is 34.0. The number of unbranched alkanes of at least 4 members (excludes halogenated alkanes) is 20. The molecule has 0 heterocycles. The van der Waals surface area contributed by atoms with Crippen LogP contribution in [0.15, 0.2) is 30.3 Å². The molecule has 2 unspecified atom stereocenters. The van der Waals surface area contributed by atoms with Crippen molar-refractivity contribution < 1.29 is 19.1 Å². The number of nitrogens with one attached hydrogen (secondary N) is 1. The molecule has 1 aromatic rings. The molecular weight excluding hydrogens is 631 g/mol. The minimum atomic E-state index is -0.1000. The molecule has 51 heavy (non-hydrogen) atoms. The lowest BCUT2D eigenvalue weighted by molar-refractivity contribution is -0.144. The van der Waals surface area contributed by atoms with Crippen molar-refractivity contribution in [3.8, 4) is 5.75 Å². The second kappa shape index (κ2) is 36.3. The van der Waals surface area contributed by atoms with Crippen molar-refractivity contribution >= 4 is 11.9 Å². The van der Waals surface area contributed by atoms with Gasteiger partial charge in [-0.2, -0.15) is 0 Å². The first-order valence-electron chi connectivity index (χ1n) is 22.2. The van der Waals surface area contributed by atoms with E-state index in [-0.39, 0.29) is 11.9 Å². The van der Waals surface area contributed by atoms with Crippen molar-refractivity contribution in [2.45, 2.75) is 213 Å². The Labute approximate surface area is 316 Å². The summed E-state index contributed by atoms with van der Waals surface area (Å²) in [5.74, 6) is 2.71. The van der Waals surface area contributed by atoms with E-state index in [4.69, 9.17) is 9.47 Å². The summed E-state index contributed by atoms with van der Waals surface area (Å²) < 4.78 is 11.0. The molecular formula is C46H83NO4. The predicted molar refractivity (Wildman–Crippen MR) is 218 cm³/mol. The number of rotatable bonds is 38. The molecule has 5 heteroatoms. The summed E-state index contributed by atoms with van der Waals surface area (Å²) in [7, 11) is 0. The molecule has 0 radical (unpaired) electrons. The topological polar surface area (TPSA) is 64.6 Å². The van der Waals surface area contributed by atoms with E-state index in [2.05, 4.69) is 19.2 Å². The van der Waals surface area contributed by atoms with Crippen molar-refractivity contribution in [2.24, 2.45) is 11.8 Å². The van der Waals surface area contributed by atoms with Gasteiger partial charge in [0.25, 0.3) is 0 Å². The van der Waals surface area contributed by atoms with Crippen LogP contribution in [0.4, 0.5) is 0 Å². The summed E-state index contributed by atoms with van der Waals surface area (Å²) in [6.07, 6.45) is 38.4.